The SMILES string of the molecule is CC1(C(=O)O)CCN(C(=O)CSc2ccccc2F)C1. The van der Waals surface area contributed by atoms with Crippen LogP contribution in [0.3, 0.4) is 0 Å². The lowest BCUT2D eigenvalue weighted by Gasteiger charge is -2.20. The average Bonchev–Trinajstić information content (AvgIpc) is 2.82. The standard InChI is InChI=1S/C14H16FNO3S/c1-14(13(18)19)6-7-16(9-14)12(17)8-20-11-5-3-2-4-10(11)15/h2-5H,6-9H2,1H3,(H,18,19). The van der Waals surface area contributed by atoms with E-state index in [0.717, 1.165) is 11.8 Å². The Bertz CT molecular complexity index is 537. The van der Waals surface area contributed by atoms with Crippen molar-refractivity contribution in [2.24, 2.45) is 5.41 Å². The Hall–Kier alpha value is -1.56. The molecule has 0 spiro atoms. The number of carboxylic acid groups (broad SMARTS) is 1. The van der Waals surface area contributed by atoms with Gasteiger partial charge >= 0.3 is 5.97 Å². The number of hydrogen-bond acceptors (Lipinski definition) is 3. The molecule has 1 fully saturated rings. The largest absolute Gasteiger partial charge is 0.481 e. The highest BCUT2D eigenvalue weighted by atomic mass is 32.2. The van der Waals surface area contributed by atoms with E-state index in [1.807, 2.05) is 0 Å². The lowest BCUT2D eigenvalue weighted by molar-refractivity contribution is -0.147. The lowest BCUT2D eigenvalue weighted by Crippen LogP contribution is -2.35. The Morgan fingerprint density at radius 1 is 1.45 bits per heavy atom. The van der Waals surface area contributed by atoms with Crippen LogP contribution in [0.15, 0.2) is 29.2 Å². The van der Waals surface area contributed by atoms with E-state index in [9.17, 15) is 14.0 Å². The maximum atomic E-state index is 13.4. The number of carbonyl (C=O) groups excluding carboxylic acids is 1. The number of hydrogen-bond donors (Lipinski definition) is 1. The number of aliphatic carboxylic acids is 1. The number of nitrogens with zero attached hydrogens (tertiary/aromatic N) is 1. The van der Waals surface area contributed by atoms with Gasteiger partial charge in [-0.3, -0.25) is 9.59 Å². The molecule has 1 atom stereocenters. The van der Waals surface area contributed by atoms with Crippen LogP contribution in [-0.4, -0.2) is 40.7 Å². The first-order valence-electron chi connectivity index (χ1n) is 6.31. The van der Waals surface area contributed by atoms with Crippen LogP contribution in [0.2, 0.25) is 0 Å². The molecule has 1 aromatic rings. The number of thioether (sulfide) groups is 1. The Balaban J connectivity index is 1.91. The fourth-order valence-electron chi connectivity index (χ4n) is 2.14. The molecule has 1 saturated heterocycles. The van der Waals surface area contributed by atoms with Crippen molar-refractivity contribution < 1.29 is 19.1 Å². The van der Waals surface area contributed by atoms with E-state index in [0.29, 0.717) is 17.9 Å². The second-order valence-electron chi connectivity index (χ2n) is 5.15. The first kappa shape index (κ1) is 14.8. The van der Waals surface area contributed by atoms with Crippen molar-refractivity contribution in [2.45, 2.75) is 18.2 Å². The molecule has 4 nitrogen and oxygen atoms in total. The summed E-state index contributed by atoms with van der Waals surface area (Å²) < 4.78 is 13.4. The van der Waals surface area contributed by atoms with Crippen LogP contribution in [0, 0.1) is 11.2 Å². The highest BCUT2D eigenvalue weighted by Gasteiger charge is 2.41. The average molecular weight is 297 g/mol. The fourth-order valence-corrected chi connectivity index (χ4v) is 2.98. The number of benzene rings is 1. The van der Waals surface area contributed by atoms with Gasteiger partial charge in [0.1, 0.15) is 5.82 Å². The number of halogens is 1. The minimum atomic E-state index is -0.880. The first-order valence-corrected chi connectivity index (χ1v) is 7.29. The first-order chi connectivity index (χ1) is 9.42. The van der Waals surface area contributed by atoms with Gasteiger partial charge in [0, 0.05) is 18.0 Å². The van der Waals surface area contributed by atoms with Crippen molar-refractivity contribution in [3.63, 3.8) is 0 Å². The molecule has 1 aromatic carbocycles. The molecule has 0 aliphatic carbocycles. The van der Waals surface area contributed by atoms with Crippen molar-refractivity contribution in [3.05, 3.63) is 30.1 Å². The highest BCUT2D eigenvalue weighted by Crippen LogP contribution is 2.31. The van der Waals surface area contributed by atoms with Crippen molar-refractivity contribution in [3.8, 4) is 0 Å². The van der Waals surface area contributed by atoms with Gasteiger partial charge in [0.05, 0.1) is 11.2 Å². The summed E-state index contributed by atoms with van der Waals surface area (Å²) in [6, 6.07) is 6.29. The minimum absolute atomic E-state index is 0.122. The zero-order chi connectivity index (χ0) is 14.8. The Labute approximate surface area is 121 Å². The summed E-state index contributed by atoms with van der Waals surface area (Å²) >= 11 is 1.14. The molecule has 0 aromatic heterocycles. The van der Waals surface area contributed by atoms with Gasteiger partial charge < -0.3 is 10.0 Å². The Morgan fingerprint density at radius 3 is 2.75 bits per heavy atom. The summed E-state index contributed by atoms with van der Waals surface area (Å²) in [5.74, 6) is -1.25. The zero-order valence-corrected chi connectivity index (χ0v) is 12.0. The smallest absolute Gasteiger partial charge is 0.311 e. The molecule has 1 heterocycles. The molecule has 2 rings (SSSR count). The maximum Gasteiger partial charge on any atom is 0.311 e. The van der Waals surface area contributed by atoms with E-state index < -0.39 is 11.4 Å². The predicted molar refractivity (Wildman–Crippen MR) is 74.1 cm³/mol. The van der Waals surface area contributed by atoms with E-state index in [4.69, 9.17) is 5.11 Å². The number of amides is 1. The van der Waals surface area contributed by atoms with Crippen molar-refractivity contribution in [2.75, 3.05) is 18.8 Å². The minimum Gasteiger partial charge on any atom is -0.481 e. The van der Waals surface area contributed by atoms with E-state index in [1.54, 1.807) is 30.0 Å². The van der Waals surface area contributed by atoms with Gasteiger partial charge in [-0.25, -0.2) is 4.39 Å². The summed E-state index contributed by atoms with van der Waals surface area (Å²) in [6.45, 7) is 2.31. The van der Waals surface area contributed by atoms with Crippen molar-refractivity contribution in [1.29, 1.82) is 0 Å². The van der Waals surface area contributed by atoms with Crippen molar-refractivity contribution in [1.82, 2.24) is 4.90 Å². The molecule has 1 N–H and O–H groups in total. The Morgan fingerprint density at radius 2 is 2.15 bits per heavy atom. The molecule has 1 aliphatic heterocycles. The third kappa shape index (κ3) is 3.12. The second-order valence-corrected chi connectivity index (χ2v) is 6.17. The number of likely N-dealkylation sites (tertiary alicyclic amines) is 1. The number of carboxylic acids is 1. The van der Waals surface area contributed by atoms with Gasteiger partial charge in [0.2, 0.25) is 5.91 Å². The molecular formula is C14H16FNO3S. The summed E-state index contributed by atoms with van der Waals surface area (Å²) in [5, 5.41) is 9.12. The van der Waals surface area contributed by atoms with Gasteiger partial charge in [0.15, 0.2) is 0 Å². The summed E-state index contributed by atoms with van der Waals surface area (Å²) in [6.07, 6.45) is 0.457. The van der Waals surface area contributed by atoms with Crippen LogP contribution in [-0.2, 0) is 9.59 Å². The highest BCUT2D eigenvalue weighted by molar-refractivity contribution is 8.00. The molecule has 1 unspecified atom stereocenters. The number of rotatable bonds is 4. The molecule has 0 saturated carbocycles. The molecule has 20 heavy (non-hydrogen) atoms. The van der Waals surface area contributed by atoms with Gasteiger partial charge in [0.25, 0.3) is 0 Å². The van der Waals surface area contributed by atoms with Crippen LogP contribution in [0.1, 0.15) is 13.3 Å². The quantitative estimate of drug-likeness (QED) is 0.866. The topological polar surface area (TPSA) is 57.6 Å². The van der Waals surface area contributed by atoms with E-state index in [2.05, 4.69) is 0 Å². The van der Waals surface area contributed by atoms with E-state index in [-0.39, 0.29) is 24.0 Å². The lowest BCUT2D eigenvalue weighted by atomic mass is 9.90. The molecule has 1 amide bonds. The maximum absolute atomic E-state index is 13.4. The summed E-state index contributed by atoms with van der Waals surface area (Å²) in [5.41, 5.74) is -0.863. The molecule has 6 heteroatoms. The van der Waals surface area contributed by atoms with Gasteiger partial charge in [-0.05, 0) is 25.5 Å². The monoisotopic (exact) mass is 297 g/mol. The molecule has 0 radical (unpaired) electrons. The molecular weight excluding hydrogens is 281 g/mol. The van der Waals surface area contributed by atoms with E-state index >= 15 is 0 Å². The zero-order valence-electron chi connectivity index (χ0n) is 11.1. The molecule has 0 bridgehead atoms. The van der Waals surface area contributed by atoms with Crippen molar-refractivity contribution >= 4 is 23.6 Å². The van der Waals surface area contributed by atoms with Gasteiger partial charge in [-0.2, -0.15) is 0 Å². The normalized spacial score (nSPS) is 22.0. The van der Waals surface area contributed by atoms with Crippen LogP contribution >= 0.6 is 11.8 Å². The Kier molecular flexibility index (Phi) is 4.32. The van der Waals surface area contributed by atoms with Crippen LogP contribution < -0.4 is 0 Å². The predicted octanol–water partition coefficient (Wildman–Crippen LogP) is 2.24. The van der Waals surface area contributed by atoms with E-state index in [1.165, 1.54) is 6.07 Å². The molecule has 1 aliphatic rings. The molecule has 108 valence electrons. The fraction of sp³-hybridized carbons (Fsp3) is 0.429. The number of carbonyl (C=O) groups is 2. The third-order valence-electron chi connectivity index (χ3n) is 3.53. The summed E-state index contributed by atoms with van der Waals surface area (Å²) in [4.78, 5) is 25.1. The van der Waals surface area contributed by atoms with Crippen LogP contribution in [0.5, 0.6) is 0 Å². The van der Waals surface area contributed by atoms with Crippen LogP contribution in [0.4, 0.5) is 4.39 Å². The second kappa shape index (κ2) is 5.83. The van der Waals surface area contributed by atoms with Crippen LogP contribution in [0.25, 0.3) is 0 Å². The van der Waals surface area contributed by atoms with Gasteiger partial charge in [-0.15, -0.1) is 11.8 Å². The third-order valence-corrected chi connectivity index (χ3v) is 4.56. The summed E-state index contributed by atoms with van der Waals surface area (Å²) in [7, 11) is 0. The van der Waals surface area contributed by atoms with Gasteiger partial charge in [-0.1, -0.05) is 12.1 Å².